The Kier molecular flexibility index (Phi) is 6.47. The van der Waals surface area contributed by atoms with Crippen molar-refractivity contribution < 1.29 is 23.4 Å². The van der Waals surface area contributed by atoms with Crippen LogP contribution in [0.1, 0.15) is 31.1 Å². The molecule has 0 aliphatic heterocycles. The van der Waals surface area contributed by atoms with Gasteiger partial charge in [0.1, 0.15) is 17.4 Å². The molecule has 0 saturated heterocycles. The van der Waals surface area contributed by atoms with Gasteiger partial charge in [0.25, 0.3) is 0 Å². The molecule has 0 radical (unpaired) electrons. The number of halogens is 2. The molecule has 2 N–H and O–H groups in total. The summed E-state index contributed by atoms with van der Waals surface area (Å²) in [7, 11) is 0. The summed E-state index contributed by atoms with van der Waals surface area (Å²) >= 11 is 0. The van der Waals surface area contributed by atoms with Crippen LogP contribution in [0, 0.1) is 11.6 Å². The Balaban J connectivity index is 1.86. The second-order valence-electron chi connectivity index (χ2n) is 5.97. The number of aliphatic hydroxyl groups excluding tert-OH is 1. The van der Waals surface area contributed by atoms with Crippen molar-refractivity contribution in [2.45, 2.75) is 32.5 Å². The van der Waals surface area contributed by atoms with Crippen LogP contribution in [0.4, 0.5) is 8.78 Å². The normalized spacial score (nSPS) is 12.1. The van der Waals surface area contributed by atoms with Crippen LogP contribution in [-0.4, -0.2) is 23.7 Å². The number of carbonyl (C=O) groups excluding carboxylic acids is 1. The van der Waals surface area contributed by atoms with Gasteiger partial charge in [-0.2, -0.15) is 0 Å². The summed E-state index contributed by atoms with van der Waals surface area (Å²) in [5.74, 6) is -1.22. The van der Waals surface area contributed by atoms with E-state index >= 15 is 0 Å². The van der Waals surface area contributed by atoms with Crippen molar-refractivity contribution in [2.75, 3.05) is 6.54 Å². The minimum absolute atomic E-state index is 0.00791. The molecule has 6 heteroatoms. The molecular weight excluding hydrogens is 328 g/mol. The highest BCUT2D eigenvalue weighted by molar-refractivity contribution is 5.78. The minimum Gasteiger partial charge on any atom is -0.491 e. The highest BCUT2D eigenvalue weighted by Gasteiger charge is 2.12. The summed E-state index contributed by atoms with van der Waals surface area (Å²) < 4.78 is 31.9. The molecule has 0 saturated carbocycles. The Morgan fingerprint density at radius 1 is 1.16 bits per heavy atom. The van der Waals surface area contributed by atoms with Crippen LogP contribution in [0.25, 0.3) is 0 Å². The fourth-order valence-corrected chi connectivity index (χ4v) is 2.27. The van der Waals surface area contributed by atoms with Crippen molar-refractivity contribution in [1.29, 1.82) is 0 Å². The minimum atomic E-state index is -0.893. The van der Waals surface area contributed by atoms with Crippen LogP contribution in [-0.2, 0) is 11.2 Å². The number of amides is 1. The molecule has 0 aliphatic rings. The number of hydrogen-bond donors (Lipinski definition) is 2. The molecule has 1 amide bonds. The summed E-state index contributed by atoms with van der Waals surface area (Å²) in [4.78, 5) is 11.9. The molecule has 134 valence electrons. The quantitative estimate of drug-likeness (QED) is 0.807. The third-order valence-electron chi connectivity index (χ3n) is 3.50. The van der Waals surface area contributed by atoms with Crippen molar-refractivity contribution >= 4 is 5.91 Å². The Morgan fingerprint density at radius 2 is 1.84 bits per heavy atom. The summed E-state index contributed by atoms with van der Waals surface area (Å²) in [6.07, 6.45) is -1.06. The van der Waals surface area contributed by atoms with Gasteiger partial charge in [-0.15, -0.1) is 0 Å². The van der Waals surface area contributed by atoms with E-state index in [9.17, 15) is 18.7 Å². The summed E-state index contributed by atoms with van der Waals surface area (Å²) in [5.41, 5.74) is 0.730. The van der Waals surface area contributed by atoms with Crippen LogP contribution >= 0.6 is 0 Å². The van der Waals surface area contributed by atoms with E-state index < -0.39 is 23.6 Å². The van der Waals surface area contributed by atoms with Crippen LogP contribution < -0.4 is 10.1 Å². The van der Waals surface area contributed by atoms with Gasteiger partial charge < -0.3 is 15.2 Å². The first-order chi connectivity index (χ1) is 11.8. The van der Waals surface area contributed by atoms with Gasteiger partial charge in [0.05, 0.1) is 18.6 Å². The maximum atomic E-state index is 13.5. The van der Waals surface area contributed by atoms with E-state index in [0.29, 0.717) is 11.3 Å². The standard InChI is InChI=1S/C19H21F2NO3/c1-12(2)25-16-7-4-13(5-8-16)18(23)11-22-19(24)9-14-3-6-15(20)10-17(14)21/h3-8,10,12,18,23H,9,11H2,1-2H3,(H,22,24). The number of nitrogens with one attached hydrogen (secondary N) is 1. The lowest BCUT2D eigenvalue weighted by Gasteiger charge is -2.14. The maximum Gasteiger partial charge on any atom is 0.224 e. The van der Waals surface area contributed by atoms with Crippen LogP contribution in [0.15, 0.2) is 42.5 Å². The van der Waals surface area contributed by atoms with Gasteiger partial charge in [0, 0.05) is 12.6 Å². The molecule has 1 unspecified atom stereocenters. The van der Waals surface area contributed by atoms with Crippen LogP contribution in [0.2, 0.25) is 0 Å². The first-order valence-electron chi connectivity index (χ1n) is 8.00. The van der Waals surface area contributed by atoms with Crippen molar-refractivity contribution in [3.8, 4) is 5.75 Å². The van der Waals surface area contributed by atoms with Gasteiger partial charge in [0.2, 0.25) is 5.91 Å². The number of ether oxygens (including phenoxy) is 1. The molecular formula is C19H21F2NO3. The van der Waals surface area contributed by atoms with E-state index in [1.54, 1.807) is 24.3 Å². The molecule has 0 heterocycles. The lowest BCUT2D eigenvalue weighted by Crippen LogP contribution is -2.29. The van der Waals surface area contributed by atoms with Crippen molar-refractivity contribution in [3.63, 3.8) is 0 Å². The molecule has 4 nitrogen and oxygen atoms in total. The van der Waals surface area contributed by atoms with Crippen molar-refractivity contribution in [1.82, 2.24) is 5.32 Å². The zero-order chi connectivity index (χ0) is 18.4. The van der Waals surface area contributed by atoms with Crippen molar-refractivity contribution in [2.24, 2.45) is 0 Å². The average molecular weight is 349 g/mol. The molecule has 1 atom stereocenters. The first kappa shape index (κ1) is 18.9. The molecule has 2 aromatic rings. The van der Waals surface area contributed by atoms with Gasteiger partial charge in [0.15, 0.2) is 0 Å². The van der Waals surface area contributed by atoms with Crippen LogP contribution in [0.3, 0.4) is 0 Å². The fourth-order valence-electron chi connectivity index (χ4n) is 2.27. The lowest BCUT2D eigenvalue weighted by atomic mass is 10.1. The monoisotopic (exact) mass is 349 g/mol. The number of rotatable bonds is 7. The predicted octanol–water partition coefficient (Wildman–Crippen LogP) is 3.14. The third kappa shape index (κ3) is 5.83. The zero-order valence-electron chi connectivity index (χ0n) is 14.1. The zero-order valence-corrected chi connectivity index (χ0v) is 14.1. The molecule has 0 bridgehead atoms. The highest BCUT2D eigenvalue weighted by atomic mass is 19.1. The van der Waals surface area contributed by atoms with E-state index in [2.05, 4.69) is 5.32 Å². The second-order valence-corrected chi connectivity index (χ2v) is 5.97. The first-order valence-corrected chi connectivity index (χ1v) is 8.00. The molecule has 2 rings (SSSR count). The smallest absolute Gasteiger partial charge is 0.224 e. The maximum absolute atomic E-state index is 13.5. The molecule has 0 aromatic heterocycles. The van der Waals surface area contributed by atoms with Gasteiger partial charge in [-0.05, 0) is 43.2 Å². The van der Waals surface area contributed by atoms with Crippen LogP contribution in [0.5, 0.6) is 5.75 Å². The fraction of sp³-hybridized carbons (Fsp3) is 0.316. The largest absolute Gasteiger partial charge is 0.491 e. The van der Waals surface area contributed by atoms with E-state index in [1.165, 1.54) is 6.07 Å². The molecule has 0 spiro atoms. The van der Waals surface area contributed by atoms with Gasteiger partial charge in [-0.1, -0.05) is 18.2 Å². The highest BCUT2D eigenvalue weighted by Crippen LogP contribution is 2.18. The Hall–Kier alpha value is -2.47. The average Bonchev–Trinajstić information content (AvgIpc) is 2.55. The summed E-state index contributed by atoms with van der Waals surface area (Å²) in [6.45, 7) is 3.83. The van der Waals surface area contributed by atoms with E-state index in [1.807, 2.05) is 13.8 Å². The predicted molar refractivity (Wildman–Crippen MR) is 90.2 cm³/mol. The number of hydrogen-bond acceptors (Lipinski definition) is 3. The number of carbonyl (C=O) groups is 1. The molecule has 25 heavy (non-hydrogen) atoms. The lowest BCUT2D eigenvalue weighted by molar-refractivity contribution is -0.120. The summed E-state index contributed by atoms with van der Waals surface area (Å²) in [6, 6.07) is 9.98. The molecule has 2 aromatic carbocycles. The number of aliphatic hydroxyl groups is 1. The Bertz CT molecular complexity index is 717. The molecule has 0 aliphatic carbocycles. The van der Waals surface area contributed by atoms with Crippen molar-refractivity contribution in [3.05, 3.63) is 65.2 Å². The van der Waals surface area contributed by atoms with E-state index in [0.717, 1.165) is 12.1 Å². The van der Waals surface area contributed by atoms with E-state index in [4.69, 9.17) is 4.74 Å². The topological polar surface area (TPSA) is 58.6 Å². The number of benzene rings is 2. The summed E-state index contributed by atoms with van der Waals surface area (Å²) in [5, 5.41) is 12.7. The SMILES string of the molecule is CC(C)Oc1ccc(C(O)CNC(=O)Cc2ccc(F)cc2F)cc1. The Labute approximate surface area is 145 Å². The third-order valence-corrected chi connectivity index (χ3v) is 3.50. The molecule has 0 fully saturated rings. The Morgan fingerprint density at radius 3 is 2.44 bits per heavy atom. The second kappa shape index (κ2) is 8.58. The van der Waals surface area contributed by atoms with E-state index in [-0.39, 0.29) is 24.6 Å². The van der Waals surface area contributed by atoms with Gasteiger partial charge in [-0.25, -0.2) is 8.78 Å². The van der Waals surface area contributed by atoms with Gasteiger partial charge in [-0.3, -0.25) is 4.79 Å². The van der Waals surface area contributed by atoms with Gasteiger partial charge >= 0.3 is 0 Å².